The number of benzene rings is 1. The Labute approximate surface area is 167 Å². The number of piperidine rings is 1. The van der Waals surface area contributed by atoms with Crippen LogP contribution in [0.4, 0.5) is 0 Å². The molecule has 1 N–H and O–H groups in total. The summed E-state index contributed by atoms with van der Waals surface area (Å²) in [5.41, 5.74) is 2.11. The predicted octanol–water partition coefficient (Wildman–Crippen LogP) is 3.47. The van der Waals surface area contributed by atoms with Crippen LogP contribution in [0.1, 0.15) is 55.1 Å². The Bertz CT molecular complexity index is 935. The minimum absolute atomic E-state index is 0.0798. The Morgan fingerprint density at radius 1 is 1.18 bits per heavy atom. The van der Waals surface area contributed by atoms with Crippen LogP contribution in [-0.2, 0) is 15.4 Å². The zero-order valence-electron chi connectivity index (χ0n) is 16.9. The standard InChI is InChI=1S/C21H28N2O4S/c1-15-5-6-17(21(2,3)4)13-19(15)28(25,26)22-18-7-10-23(11-8-18)20(24)16-9-12-27-14-16/h5-6,9,12-14,18,22H,7-8,10-11H2,1-4H3. The first kappa shape index (κ1) is 20.6. The maximum atomic E-state index is 13.0. The highest BCUT2D eigenvalue weighted by molar-refractivity contribution is 7.89. The van der Waals surface area contributed by atoms with Gasteiger partial charge >= 0.3 is 0 Å². The van der Waals surface area contributed by atoms with E-state index >= 15 is 0 Å². The van der Waals surface area contributed by atoms with Crippen LogP contribution < -0.4 is 4.72 Å². The fourth-order valence-corrected chi connectivity index (χ4v) is 4.98. The van der Waals surface area contributed by atoms with Crippen LogP contribution in [0.5, 0.6) is 0 Å². The van der Waals surface area contributed by atoms with E-state index in [1.54, 1.807) is 17.0 Å². The van der Waals surface area contributed by atoms with Crippen molar-refractivity contribution in [1.29, 1.82) is 0 Å². The fraction of sp³-hybridized carbons (Fsp3) is 0.476. The summed E-state index contributed by atoms with van der Waals surface area (Å²) in [6.45, 7) is 9.03. The van der Waals surface area contributed by atoms with Crippen LogP contribution in [0, 0.1) is 6.92 Å². The molecule has 6 nitrogen and oxygen atoms in total. The normalized spacial score (nSPS) is 16.4. The average molecular weight is 405 g/mol. The number of hydrogen-bond donors (Lipinski definition) is 1. The molecule has 0 bridgehead atoms. The number of aryl methyl sites for hydroxylation is 1. The molecule has 0 radical (unpaired) electrons. The lowest BCUT2D eigenvalue weighted by molar-refractivity contribution is 0.0710. The quantitative estimate of drug-likeness (QED) is 0.846. The van der Waals surface area contributed by atoms with Crippen molar-refractivity contribution in [2.24, 2.45) is 0 Å². The molecule has 1 aliphatic rings. The molecule has 28 heavy (non-hydrogen) atoms. The van der Waals surface area contributed by atoms with Crippen molar-refractivity contribution in [3.8, 4) is 0 Å². The second-order valence-electron chi connectivity index (χ2n) is 8.43. The Kier molecular flexibility index (Phi) is 5.68. The summed E-state index contributed by atoms with van der Waals surface area (Å²) in [7, 11) is -3.62. The molecule has 2 heterocycles. The van der Waals surface area contributed by atoms with Gasteiger partial charge in [-0.15, -0.1) is 0 Å². The minimum atomic E-state index is -3.62. The van der Waals surface area contributed by atoms with E-state index in [1.807, 2.05) is 19.1 Å². The molecule has 0 aliphatic carbocycles. The average Bonchev–Trinajstić information content (AvgIpc) is 3.15. The summed E-state index contributed by atoms with van der Waals surface area (Å²) in [5.74, 6) is -0.0798. The van der Waals surface area contributed by atoms with Gasteiger partial charge in [-0.2, -0.15) is 0 Å². The van der Waals surface area contributed by atoms with Gasteiger partial charge < -0.3 is 9.32 Å². The Balaban J connectivity index is 1.68. The van der Waals surface area contributed by atoms with Crippen LogP contribution in [0.2, 0.25) is 0 Å². The van der Waals surface area contributed by atoms with Crippen LogP contribution in [-0.4, -0.2) is 38.4 Å². The van der Waals surface area contributed by atoms with Gasteiger partial charge in [0.15, 0.2) is 0 Å². The number of rotatable bonds is 4. The van der Waals surface area contributed by atoms with Crippen LogP contribution in [0.25, 0.3) is 0 Å². The summed E-state index contributed by atoms with van der Waals surface area (Å²) in [6, 6.07) is 7.07. The van der Waals surface area contributed by atoms with E-state index in [9.17, 15) is 13.2 Å². The summed E-state index contributed by atoms with van der Waals surface area (Å²) >= 11 is 0. The van der Waals surface area contributed by atoms with Crippen LogP contribution in [0.15, 0.2) is 46.1 Å². The molecule has 1 saturated heterocycles. The van der Waals surface area contributed by atoms with E-state index in [-0.39, 0.29) is 17.4 Å². The Hall–Kier alpha value is -2.12. The van der Waals surface area contributed by atoms with E-state index < -0.39 is 10.0 Å². The molecule has 7 heteroatoms. The van der Waals surface area contributed by atoms with Gasteiger partial charge in [-0.1, -0.05) is 32.9 Å². The summed E-state index contributed by atoms with van der Waals surface area (Å²) in [4.78, 5) is 14.4. The van der Waals surface area contributed by atoms with Gasteiger partial charge in [-0.25, -0.2) is 13.1 Å². The molecule has 1 fully saturated rings. The predicted molar refractivity (Wildman–Crippen MR) is 108 cm³/mol. The maximum absolute atomic E-state index is 13.0. The van der Waals surface area contributed by atoms with Gasteiger partial charge in [0.05, 0.1) is 16.7 Å². The third-order valence-corrected chi connectivity index (χ3v) is 6.88. The molecule has 2 aromatic rings. The smallest absolute Gasteiger partial charge is 0.257 e. The number of amides is 1. The van der Waals surface area contributed by atoms with Gasteiger partial charge in [-0.05, 0) is 48.4 Å². The number of nitrogens with zero attached hydrogens (tertiary/aromatic N) is 1. The summed E-state index contributed by atoms with van der Waals surface area (Å²) in [6.07, 6.45) is 4.08. The number of carbonyl (C=O) groups excluding carboxylic acids is 1. The number of hydrogen-bond acceptors (Lipinski definition) is 4. The largest absolute Gasteiger partial charge is 0.472 e. The molecular weight excluding hydrogens is 376 g/mol. The molecule has 0 atom stereocenters. The first-order valence-electron chi connectivity index (χ1n) is 9.53. The van der Waals surface area contributed by atoms with Gasteiger partial charge in [0, 0.05) is 19.1 Å². The lowest BCUT2D eigenvalue weighted by Gasteiger charge is -2.32. The molecule has 0 unspecified atom stereocenters. The first-order valence-corrected chi connectivity index (χ1v) is 11.0. The highest BCUT2D eigenvalue weighted by atomic mass is 32.2. The van der Waals surface area contributed by atoms with Crippen molar-refractivity contribution in [1.82, 2.24) is 9.62 Å². The monoisotopic (exact) mass is 404 g/mol. The second kappa shape index (κ2) is 7.72. The molecule has 0 saturated carbocycles. The number of carbonyl (C=O) groups is 1. The van der Waals surface area contributed by atoms with Crippen molar-refractivity contribution in [2.75, 3.05) is 13.1 Å². The highest BCUT2D eigenvalue weighted by Crippen LogP contribution is 2.27. The number of sulfonamides is 1. The third kappa shape index (κ3) is 4.47. The van der Waals surface area contributed by atoms with Gasteiger partial charge in [0.25, 0.3) is 5.91 Å². The van der Waals surface area contributed by atoms with Crippen molar-refractivity contribution >= 4 is 15.9 Å². The zero-order chi connectivity index (χ0) is 20.5. The molecule has 1 aromatic heterocycles. The minimum Gasteiger partial charge on any atom is -0.472 e. The number of furan rings is 1. The van der Waals surface area contributed by atoms with Crippen LogP contribution >= 0.6 is 0 Å². The van der Waals surface area contributed by atoms with E-state index in [0.29, 0.717) is 36.4 Å². The molecule has 1 aromatic carbocycles. The summed E-state index contributed by atoms with van der Waals surface area (Å²) < 4.78 is 33.8. The van der Waals surface area contributed by atoms with Gasteiger partial charge in [0.1, 0.15) is 6.26 Å². The lowest BCUT2D eigenvalue weighted by Crippen LogP contribution is -2.46. The molecule has 1 aliphatic heterocycles. The van der Waals surface area contributed by atoms with E-state index in [4.69, 9.17) is 4.42 Å². The first-order chi connectivity index (χ1) is 13.1. The molecule has 3 rings (SSSR count). The highest BCUT2D eigenvalue weighted by Gasteiger charge is 2.29. The molecular formula is C21H28N2O4S. The van der Waals surface area contributed by atoms with E-state index in [0.717, 1.165) is 11.1 Å². The Morgan fingerprint density at radius 3 is 2.43 bits per heavy atom. The number of likely N-dealkylation sites (tertiary alicyclic amines) is 1. The molecule has 152 valence electrons. The van der Waals surface area contributed by atoms with Gasteiger partial charge in [-0.3, -0.25) is 4.79 Å². The fourth-order valence-electron chi connectivity index (χ4n) is 3.41. The number of nitrogens with one attached hydrogen (secondary N) is 1. The topological polar surface area (TPSA) is 79.6 Å². The van der Waals surface area contributed by atoms with Crippen molar-refractivity contribution in [2.45, 2.75) is 56.9 Å². The molecule has 0 spiro atoms. The van der Waals surface area contributed by atoms with Gasteiger partial charge in [0.2, 0.25) is 10.0 Å². The molecule has 1 amide bonds. The van der Waals surface area contributed by atoms with Crippen LogP contribution in [0.3, 0.4) is 0 Å². The third-order valence-electron chi connectivity index (χ3n) is 5.22. The SMILES string of the molecule is Cc1ccc(C(C)(C)C)cc1S(=O)(=O)NC1CCN(C(=O)c2ccoc2)CC1. The van der Waals surface area contributed by atoms with E-state index in [2.05, 4.69) is 25.5 Å². The lowest BCUT2D eigenvalue weighted by atomic mass is 9.87. The Morgan fingerprint density at radius 2 is 1.86 bits per heavy atom. The zero-order valence-corrected chi connectivity index (χ0v) is 17.7. The maximum Gasteiger partial charge on any atom is 0.257 e. The summed E-state index contributed by atoms with van der Waals surface area (Å²) in [5, 5.41) is 0. The van der Waals surface area contributed by atoms with E-state index in [1.165, 1.54) is 12.5 Å². The van der Waals surface area contributed by atoms with Crippen molar-refractivity contribution < 1.29 is 17.6 Å². The van der Waals surface area contributed by atoms with Crippen molar-refractivity contribution in [3.63, 3.8) is 0 Å². The van der Waals surface area contributed by atoms with Crippen molar-refractivity contribution in [3.05, 3.63) is 53.5 Å². The second-order valence-corrected chi connectivity index (χ2v) is 10.1.